The Bertz CT molecular complexity index is 868. The number of para-hydroxylation sites is 1. The Morgan fingerprint density at radius 2 is 1.89 bits per heavy atom. The molecule has 1 aromatic heterocycles. The van der Waals surface area contributed by atoms with Crippen molar-refractivity contribution in [3.8, 4) is 0 Å². The van der Waals surface area contributed by atoms with Crippen LogP contribution in [0.2, 0.25) is 5.15 Å². The van der Waals surface area contributed by atoms with Crippen LogP contribution >= 0.6 is 11.6 Å². The van der Waals surface area contributed by atoms with Crippen molar-refractivity contribution in [2.75, 3.05) is 11.4 Å². The van der Waals surface area contributed by atoms with E-state index in [0.717, 1.165) is 36.9 Å². The van der Waals surface area contributed by atoms with E-state index in [9.17, 15) is 9.59 Å². The zero-order valence-corrected chi connectivity index (χ0v) is 16.4. The van der Waals surface area contributed by atoms with Gasteiger partial charge in [0.1, 0.15) is 11.8 Å². The first-order valence-corrected chi connectivity index (χ1v) is 10.2. The third kappa shape index (κ3) is 3.90. The molecule has 2 unspecified atom stereocenters. The van der Waals surface area contributed by atoms with Crippen LogP contribution in [0.5, 0.6) is 0 Å². The number of aromatic nitrogens is 1. The van der Waals surface area contributed by atoms with Crippen LogP contribution in [0.25, 0.3) is 0 Å². The van der Waals surface area contributed by atoms with Gasteiger partial charge in [-0.05, 0) is 37.0 Å². The van der Waals surface area contributed by atoms with Crippen LogP contribution in [0.1, 0.15) is 36.8 Å². The molecular weight excluding hydrogens is 376 g/mol. The van der Waals surface area contributed by atoms with Crippen molar-refractivity contribution in [2.24, 2.45) is 11.8 Å². The first-order chi connectivity index (χ1) is 13.6. The number of ether oxygens (including phenoxy) is 1. The summed E-state index contributed by atoms with van der Waals surface area (Å²) in [5.74, 6) is -0.926. The Morgan fingerprint density at radius 3 is 2.68 bits per heavy atom. The van der Waals surface area contributed by atoms with Crippen molar-refractivity contribution < 1.29 is 14.3 Å². The van der Waals surface area contributed by atoms with E-state index in [0.29, 0.717) is 18.1 Å². The third-order valence-corrected chi connectivity index (χ3v) is 5.93. The third-order valence-electron chi connectivity index (χ3n) is 5.71. The van der Waals surface area contributed by atoms with Gasteiger partial charge in [-0.3, -0.25) is 9.59 Å². The number of esters is 1. The standard InChI is InChI=1S/C22H23ClN2O3/c23-20-10-9-15(13-24-20)14-28-22(27)18-7-3-2-6-17(18)21(26)25-12-11-16-5-1-4-8-19(16)25/h1,4-5,8-10,13,17-18H,2-3,6-7,11-12,14H2. The van der Waals surface area contributed by atoms with Gasteiger partial charge in [0, 0.05) is 24.0 Å². The van der Waals surface area contributed by atoms with Crippen molar-refractivity contribution in [1.29, 1.82) is 0 Å². The Labute approximate surface area is 169 Å². The summed E-state index contributed by atoms with van der Waals surface area (Å²) in [6.45, 7) is 0.833. The molecule has 1 aromatic carbocycles. The maximum absolute atomic E-state index is 13.3. The van der Waals surface area contributed by atoms with Crippen LogP contribution in [0, 0.1) is 11.8 Å². The molecule has 0 saturated heterocycles. The second-order valence-electron chi connectivity index (χ2n) is 7.46. The molecule has 2 heterocycles. The van der Waals surface area contributed by atoms with Crippen LogP contribution in [0.15, 0.2) is 42.6 Å². The van der Waals surface area contributed by atoms with E-state index in [1.54, 1.807) is 18.3 Å². The van der Waals surface area contributed by atoms with E-state index < -0.39 is 0 Å². The number of fused-ring (bicyclic) bond motifs is 1. The van der Waals surface area contributed by atoms with Gasteiger partial charge in [-0.1, -0.05) is 48.7 Å². The topological polar surface area (TPSA) is 59.5 Å². The summed E-state index contributed by atoms with van der Waals surface area (Å²) in [4.78, 5) is 31.9. The highest BCUT2D eigenvalue weighted by molar-refractivity contribution is 6.29. The van der Waals surface area contributed by atoms with Crippen LogP contribution in [0.3, 0.4) is 0 Å². The van der Waals surface area contributed by atoms with E-state index >= 15 is 0 Å². The quantitative estimate of drug-likeness (QED) is 0.572. The van der Waals surface area contributed by atoms with Gasteiger partial charge in [-0.25, -0.2) is 4.98 Å². The number of pyridine rings is 1. The van der Waals surface area contributed by atoms with Crippen LogP contribution in [-0.4, -0.2) is 23.4 Å². The van der Waals surface area contributed by atoms with Crippen LogP contribution < -0.4 is 4.90 Å². The number of benzene rings is 1. The lowest BCUT2D eigenvalue weighted by Gasteiger charge is -2.32. The van der Waals surface area contributed by atoms with E-state index in [1.165, 1.54) is 5.56 Å². The van der Waals surface area contributed by atoms with Gasteiger partial charge in [0.25, 0.3) is 0 Å². The van der Waals surface area contributed by atoms with Gasteiger partial charge in [-0.15, -0.1) is 0 Å². The summed E-state index contributed by atoms with van der Waals surface area (Å²) in [7, 11) is 0. The molecule has 5 nitrogen and oxygen atoms in total. The predicted molar refractivity (Wildman–Crippen MR) is 107 cm³/mol. The maximum Gasteiger partial charge on any atom is 0.310 e. The molecule has 2 atom stereocenters. The van der Waals surface area contributed by atoms with E-state index in [1.807, 2.05) is 23.1 Å². The van der Waals surface area contributed by atoms with Crippen molar-refractivity contribution in [1.82, 2.24) is 4.98 Å². The summed E-state index contributed by atoms with van der Waals surface area (Å²) in [5.41, 5.74) is 2.96. The second kappa shape index (κ2) is 8.31. The molecule has 1 aliphatic carbocycles. The predicted octanol–water partition coefficient (Wildman–Crippen LogP) is 4.17. The summed E-state index contributed by atoms with van der Waals surface area (Å²) < 4.78 is 5.53. The number of nitrogens with zero attached hydrogens (tertiary/aromatic N) is 2. The SMILES string of the molecule is O=C(OCc1ccc(Cl)nc1)C1CCCCC1C(=O)N1CCc2ccccc21. The number of carbonyl (C=O) groups excluding carboxylic acids is 2. The molecule has 1 saturated carbocycles. The molecule has 146 valence electrons. The summed E-state index contributed by atoms with van der Waals surface area (Å²) in [6.07, 6.45) is 5.82. The molecule has 0 spiro atoms. The number of hydrogen-bond acceptors (Lipinski definition) is 4. The molecule has 4 rings (SSSR count). The Morgan fingerprint density at radius 1 is 1.11 bits per heavy atom. The smallest absolute Gasteiger partial charge is 0.310 e. The number of halogens is 1. The number of amides is 1. The fraction of sp³-hybridized carbons (Fsp3) is 0.409. The molecule has 1 aliphatic heterocycles. The number of rotatable bonds is 4. The van der Waals surface area contributed by atoms with E-state index in [2.05, 4.69) is 11.1 Å². The average molecular weight is 399 g/mol. The number of hydrogen-bond donors (Lipinski definition) is 0. The molecule has 6 heteroatoms. The van der Waals surface area contributed by atoms with E-state index in [4.69, 9.17) is 16.3 Å². The Hall–Kier alpha value is -2.40. The zero-order valence-electron chi connectivity index (χ0n) is 15.6. The lowest BCUT2D eigenvalue weighted by molar-refractivity contribution is -0.155. The molecule has 1 fully saturated rings. The molecule has 1 amide bonds. The Kier molecular flexibility index (Phi) is 5.62. The van der Waals surface area contributed by atoms with Gasteiger partial charge < -0.3 is 9.64 Å². The minimum atomic E-state index is -0.380. The fourth-order valence-electron chi connectivity index (χ4n) is 4.23. The minimum Gasteiger partial charge on any atom is -0.461 e. The summed E-state index contributed by atoms with van der Waals surface area (Å²) >= 11 is 5.79. The van der Waals surface area contributed by atoms with Crippen molar-refractivity contribution >= 4 is 29.2 Å². The first kappa shape index (κ1) is 18.9. The lowest BCUT2D eigenvalue weighted by atomic mass is 9.78. The summed E-state index contributed by atoms with van der Waals surface area (Å²) in [6, 6.07) is 11.5. The fourth-order valence-corrected chi connectivity index (χ4v) is 4.34. The van der Waals surface area contributed by atoms with E-state index in [-0.39, 0.29) is 30.3 Å². The highest BCUT2D eigenvalue weighted by Gasteiger charge is 2.40. The Balaban J connectivity index is 1.44. The van der Waals surface area contributed by atoms with Crippen molar-refractivity contribution in [3.05, 3.63) is 58.9 Å². The zero-order chi connectivity index (χ0) is 19.5. The van der Waals surface area contributed by atoms with Crippen LogP contribution in [-0.2, 0) is 27.4 Å². The van der Waals surface area contributed by atoms with Crippen molar-refractivity contribution in [3.63, 3.8) is 0 Å². The highest BCUT2D eigenvalue weighted by atomic mass is 35.5. The number of carbonyl (C=O) groups is 2. The molecule has 2 aromatic rings. The van der Waals surface area contributed by atoms with Crippen LogP contribution in [0.4, 0.5) is 5.69 Å². The first-order valence-electron chi connectivity index (χ1n) is 9.80. The maximum atomic E-state index is 13.3. The molecule has 2 aliphatic rings. The van der Waals surface area contributed by atoms with Gasteiger partial charge in [-0.2, -0.15) is 0 Å². The minimum absolute atomic E-state index is 0.0553. The van der Waals surface area contributed by atoms with Gasteiger partial charge >= 0.3 is 5.97 Å². The molecular formula is C22H23ClN2O3. The molecule has 0 N–H and O–H groups in total. The largest absolute Gasteiger partial charge is 0.461 e. The normalized spacial score (nSPS) is 21.2. The van der Waals surface area contributed by atoms with Gasteiger partial charge in [0.05, 0.1) is 11.8 Å². The molecule has 0 radical (unpaired) electrons. The highest BCUT2D eigenvalue weighted by Crippen LogP contribution is 2.36. The number of anilines is 1. The summed E-state index contributed by atoms with van der Waals surface area (Å²) in [5, 5.41) is 0.402. The lowest BCUT2D eigenvalue weighted by Crippen LogP contribution is -2.42. The second-order valence-corrected chi connectivity index (χ2v) is 7.85. The molecule has 0 bridgehead atoms. The van der Waals surface area contributed by atoms with Gasteiger partial charge in [0.15, 0.2) is 0 Å². The monoisotopic (exact) mass is 398 g/mol. The average Bonchev–Trinajstić information content (AvgIpc) is 3.17. The van der Waals surface area contributed by atoms with Gasteiger partial charge in [0.2, 0.25) is 5.91 Å². The molecule has 28 heavy (non-hydrogen) atoms. The van der Waals surface area contributed by atoms with Crippen molar-refractivity contribution in [2.45, 2.75) is 38.7 Å².